The van der Waals surface area contributed by atoms with Gasteiger partial charge in [-0.25, -0.2) is 9.78 Å². The first kappa shape index (κ1) is 17.9. The van der Waals surface area contributed by atoms with Crippen molar-refractivity contribution in [2.75, 3.05) is 13.1 Å². The molecule has 1 N–H and O–H groups in total. The predicted molar refractivity (Wildman–Crippen MR) is 87.8 cm³/mol. The highest BCUT2D eigenvalue weighted by molar-refractivity contribution is 7.09. The second-order valence-electron chi connectivity index (χ2n) is 6.10. The fourth-order valence-electron chi connectivity index (χ4n) is 3.04. The van der Waals surface area contributed by atoms with E-state index in [1.54, 1.807) is 12.1 Å². The first-order chi connectivity index (χ1) is 11.8. The van der Waals surface area contributed by atoms with Gasteiger partial charge in [0, 0.05) is 5.38 Å². The SMILES string of the molecule is O=C(O)c1csc(CN2CCC(c3ccc(C(F)(F)F)cc3)CC2)n1. The number of alkyl halides is 3. The molecule has 1 aromatic heterocycles. The number of hydrogen-bond acceptors (Lipinski definition) is 4. The number of halogens is 3. The Bertz CT molecular complexity index is 735. The van der Waals surface area contributed by atoms with Gasteiger partial charge < -0.3 is 5.11 Å². The van der Waals surface area contributed by atoms with E-state index in [0.717, 1.165) is 48.6 Å². The molecule has 0 spiro atoms. The third-order valence-corrected chi connectivity index (χ3v) is 5.26. The number of carboxylic acid groups (broad SMARTS) is 1. The quantitative estimate of drug-likeness (QED) is 0.875. The van der Waals surface area contributed by atoms with Gasteiger partial charge in [-0.2, -0.15) is 13.2 Å². The second kappa shape index (κ2) is 7.13. The Labute approximate surface area is 146 Å². The summed E-state index contributed by atoms with van der Waals surface area (Å²) in [5.41, 5.74) is 0.390. The minimum atomic E-state index is -4.30. The van der Waals surface area contributed by atoms with Gasteiger partial charge in [0.2, 0.25) is 0 Å². The molecule has 0 aliphatic carbocycles. The normalized spacial score (nSPS) is 16.9. The lowest BCUT2D eigenvalue weighted by molar-refractivity contribution is -0.137. The Morgan fingerprint density at radius 3 is 2.40 bits per heavy atom. The van der Waals surface area contributed by atoms with Crippen LogP contribution in [-0.2, 0) is 12.7 Å². The van der Waals surface area contributed by atoms with E-state index in [1.165, 1.54) is 16.7 Å². The van der Waals surface area contributed by atoms with Crippen LogP contribution in [0.1, 0.15) is 45.4 Å². The molecule has 1 aliphatic heterocycles. The number of carboxylic acids is 1. The average molecular weight is 370 g/mol. The number of thiazole rings is 1. The lowest BCUT2D eigenvalue weighted by Crippen LogP contribution is -2.32. The molecule has 3 rings (SSSR count). The first-order valence-corrected chi connectivity index (χ1v) is 8.78. The Balaban J connectivity index is 1.55. The summed E-state index contributed by atoms with van der Waals surface area (Å²) >= 11 is 1.33. The van der Waals surface area contributed by atoms with Gasteiger partial charge in [-0.05, 0) is 49.5 Å². The number of aromatic carboxylic acids is 1. The number of piperidine rings is 1. The average Bonchev–Trinajstić information content (AvgIpc) is 3.04. The maximum atomic E-state index is 12.6. The summed E-state index contributed by atoms with van der Waals surface area (Å²) in [4.78, 5) is 17.1. The number of carbonyl (C=O) groups is 1. The molecule has 8 heteroatoms. The maximum Gasteiger partial charge on any atom is 0.416 e. The van der Waals surface area contributed by atoms with Gasteiger partial charge in [0.15, 0.2) is 5.69 Å². The van der Waals surface area contributed by atoms with Crippen molar-refractivity contribution in [1.29, 1.82) is 0 Å². The highest BCUT2D eigenvalue weighted by atomic mass is 32.1. The number of hydrogen-bond donors (Lipinski definition) is 1. The number of rotatable bonds is 4. The van der Waals surface area contributed by atoms with Crippen molar-refractivity contribution in [3.05, 3.63) is 51.5 Å². The molecular formula is C17H17F3N2O2S. The van der Waals surface area contributed by atoms with Gasteiger partial charge in [0.05, 0.1) is 12.1 Å². The highest BCUT2D eigenvalue weighted by Crippen LogP contribution is 2.33. The molecule has 1 aromatic carbocycles. The monoisotopic (exact) mass is 370 g/mol. The predicted octanol–water partition coefficient (Wildman–Crippen LogP) is 4.24. The van der Waals surface area contributed by atoms with Crippen molar-refractivity contribution in [3.8, 4) is 0 Å². The molecule has 4 nitrogen and oxygen atoms in total. The van der Waals surface area contributed by atoms with E-state index < -0.39 is 17.7 Å². The van der Waals surface area contributed by atoms with E-state index in [2.05, 4.69) is 9.88 Å². The highest BCUT2D eigenvalue weighted by Gasteiger charge is 2.30. The molecular weight excluding hydrogens is 353 g/mol. The van der Waals surface area contributed by atoms with E-state index in [-0.39, 0.29) is 11.6 Å². The van der Waals surface area contributed by atoms with Crippen LogP contribution in [0.15, 0.2) is 29.6 Å². The topological polar surface area (TPSA) is 53.4 Å². The zero-order valence-electron chi connectivity index (χ0n) is 13.3. The van der Waals surface area contributed by atoms with Gasteiger partial charge in [-0.1, -0.05) is 12.1 Å². The lowest BCUT2D eigenvalue weighted by Gasteiger charge is -2.31. The van der Waals surface area contributed by atoms with Gasteiger partial charge in [-0.3, -0.25) is 4.90 Å². The zero-order valence-corrected chi connectivity index (χ0v) is 14.1. The van der Waals surface area contributed by atoms with Crippen molar-refractivity contribution < 1.29 is 23.1 Å². The Kier molecular flexibility index (Phi) is 5.10. The minimum Gasteiger partial charge on any atom is -0.476 e. The molecule has 0 unspecified atom stereocenters. The van der Waals surface area contributed by atoms with Gasteiger partial charge >= 0.3 is 12.1 Å². The summed E-state index contributed by atoms with van der Waals surface area (Å²) < 4.78 is 37.9. The summed E-state index contributed by atoms with van der Waals surface area (Å²) in [6.45, 7) is 2.24. The van der Waals surface area contributed by atoms with Crippen molar-refractivity contribution in [3.63, 3.8) is 0 Å². The third kappa shape index (κ3) is 4.38. The Morgan fingerprint density at radius 1 is 1.24 bits per heavy atom. The summed E-state index contributed by atoms with van der Waals surface area (Å²) in [5, 5.41) is 11.2. The van der Waals surface area contributed by atoms with E-state index >= 15 is 0 Å². The molecule has 1 fully saturated rings. The Morgan fingerprint density at radius 2 is 1.88 bits per heavy atom. The molecule has 0 atom stereocenters. The van der Waals surface area contributed by atoms with Crippen LogP contribution in [0.3, 0.4) is 0 Å². The molecule has 0 radical (unpaired) electrons. The largest absolute Gasteiger partial charge is 0.476 e. The Hall–Kier alpha value is -1.93. The van der Waals surface area contributed by atoms with Crippen molar-refractivity contribution in [2.45, 2.75) is 31.5 Å². The van der Waals surface area contributed by atoms with Crippen LogP contribution in [0.4, 0.5) is 13.2 Å². The number of likely N-dealkylation sites (tertiary alicyclic amines) is 1. The molecule has 2 aromatic rings. The molecule has 2 heterocycles. The van der Waals surface area contributed by atoms with Crippen LogP contribution in [0.2, 0.25) is 0 Å². The number of nitrogens with zero attached hydrogens (tertiary/aromatic N) is 2. The van der Waals surface area contributed by atoms with E-state index in [4.69, 9.17) is 5.11 Å². The summed E-state index contributed by atoms with van der Waals surface area (Å²) in [6, 6.07) is 5.43. The van der Waals surface area contributed by atoms with Crippen LogP contribution < -0.4 is 0 Å². The lowest BCUT2D eigenvalue weighted by atomic mass is 9.89. The summed E-state index contributed by atoms with van der Waals surface area (Å²) in [5.74, 6) is -0.770. The zero-order chi connectivity index (χ0) is 18.0. The maximum absolute atomic E-state index is 12.6. The molecule has 134 valence electrons. The van der Waals surface area contributed by atoms with Crippen molar-refractivity contribution >= 4 is 17.3 Å². The van der Waals surface area contributed by atoms with Crippen LogP contribution >= 0.6 is 11.3 Å². The molecule has 0 amide bonds. The van der Waals surface area contributed by atoms with Crippen LogP contribution in [0.5, 0.6) is 0 Å². The molecule has 1 aliphatic rings. The smallest absolute Gasteiger partial charge is 0.416 e. The van der Waals surface area contributed by atoms with E-state index in [9.17, 15) is 18.0 Å². The van der Waals surface area contributed by atoms with Crippen molar-refractivity contribution in [2.24, 2.45) is 0 Å². The van der Waals surface area contributed by atoms with Crippen LogP contribution in [-0.4, -0.2) is 34.0 Å². The van der Waals surface area contributed by atoms with E-state index in [0.29, 0.717) is 6.54 Å². The van der Waals surface area contributed by atoms with Crippen molar-refractivity contribution in [1.82, 2.24) is 9.88 Å². The minimum absolute atomic E-state index is 0.0691. The van der Waals surface area contributed by atoms with Gasteiger partial charge in [-0.15, -0.1) is 11.3 Å². The van der Waals surface area contributed by atoms with Gasteiger partial charge in [0.25, 0.3) is 0 Å². The summed E-state index contributed by atoms with van der Waals surface area (Å²) in [7, 11) is 0. The molecule has 25 heavy (non-hydrogen) atoms. The van der Waals surface area contributed by atoms with E-state index in [1.807, 2.05) is 0 Å². The standard InChI is InChI=1S/C17H17F3N2O2S/c18-17(19,20)13-3-1-11(2-4-13)12-5-7-22(8-6-12)9-15-21-14(10-25-15)16(23)24/h1-4,10,12H,5-9H2,(H,23,24). The fraction of sp³-hybridized carbons (Fsp3) is 0.412. The first-order valence-electron chi connectivity index (χ1n) is 7.90. The molecule has 0 bridgehead atoms. The fourth-order valence-corrected chi connectivity index (χ4v) is 3.85. The van der Waals surface area contributed by atoms with Gasteiger partial charge in [0.1, 0.15) is 5.01 Å². The van der Waals surface area contributed by atoms with Crippen LogP contribution in [0, 0.1) is 0 Å². The molecule has 0 saturated carbocycles. The third-order valence-electron chi connectivity index (χ3n) is 4.43. The second-order valence-corrected chi connectivity index (χ2v) is 7.04. The molecule has 1 saturated heterocycles. The summed E-state index contributed by atoms with van der Waals surface area (Å²) in [6.07, 6.45) is -2.57. The number of benzene rings is 1. The number of aromatic nitrogens is 1. The van der Waals surface area contributed by atoms with Crippen LogP contribution in [0.25, 0.3) is 0 Å².